The molecule has 2 N–H and O–H groups in total. The molecule has 1 fully saturated rings. The van der Waals surface area contributed by atoms with E-state index in [1.807, 2.05) is 0 Å². The van der Waals surface area contributed by atoms with Gasteiger partial charge in [-0.15, -0.1) is 10.2 Å². The van der Waals surface area contributed by atoms with E-state index < -0.39 is 0 Å². The smallest absolute Gasteiger partial charge is 0.286 e. The summed E-state index contributed by atoms with van der Waals surface area (Å²) in [5.41, 5.74) is 1.14. The van der Waals surface area contributed by atoms with E-state index in [1.165, 1.54) is 6.42 Å². The molecular formula is C25H28N4O5S. The number of nitrogens with zero attached hydrogens (tertiary/aromatic N) is 2. The predicted octanol–water partition coefficient (Wildman–Crippen LogP) is 4.45. The summed E-state index contributed by atoms with van der Waals surface area (Å²) in [6.07, 6.45) is 5.62. The average molecular weight is 497 g/mol. The number of aromatic nitrogens is 2. The van der Waals surface area contributed by atoms with E-state index in [2.05, 4.69) is 20.8 Å². The normalized spacial score (nSPS) is 13.7. The first-order valence-electron chi connectivity index (χ1n) is 11.4. The van der Waals surface area contributed by atoms with Crippen LogP contribution in [0.2, 0.25) is 0 Å². The van der Waals surface area contributed by atoms with Gasteiger partial charge in [0.1, 0.15) is 12.4 Å². The number of benzene rings is 2. The highest BCUT2D eigenvalue weighted by molar-refractivity contribution is 7.13. The lowest BCUT2D eigenvalue weighted by Crippen LogP contribution is -2.36. The van der Waals surface area contributed by atoms with Crippen LogP contribution >= 0.6 is 11.3 Å². The first-order valence-corrected chi connectivity index (χ1v) is 12.3. The van der Waals surface area contributed by atoms with Crippen molar-refractivity contribution in [2.75, 3.05) is 19.5 Å². The van der Waals surface area contributed by atoms with Crippen LogP contribution in [0.1, 0.15) is 57.3 Å². The topological polar surface area (TPSA) is 112 Å². The van der Waals surface area contributed by atoms with Crippen molar-refractivity contribution in [3.05, 3.63) is 58.0 Å². The minimum Gasteiger partial charge on any atom is -0.493 e. The maximum Gasteiger partial charge on any atom is 0.286 e. The van der Waals surface area contributed by atoms with Gasteiger partial charge in [-0.3, -0.25) is 9.59 Å². The van der Waals surface area contributed by atoms with Crippen LogP contribution in [0.5, 0.6) is 17.2 Å². The molecule has 9 nitrogen and oxygen atoms in total. The van der Waals surface area contributed by atoms with Gasteiger partial charge in [0.2, 0.25) is 5.01 Å². The number of ether oxygens (including phenoxy) is 3. The third-order valence-electron chi connectivity index (χ3n) is 5.72. The second-order valence-corrected chi connectivity index (χ2v) is 9.21. The monoisotopic (exact) mass is 496 g/mol. The fourth-order valence-electron chi connectivity index (χ4n) is 3.86. The molecule has 0 saturated heterocycles. The van der Waals surface area contributed by atoms with Gasteiger partial charge in [-0.25, -0.2) is 0 Å². The molecule has 0 spiro atoms. The lowest BCUT2D eigenvalue weighted by molar-refractivity contribution is 0.0927. The molecule has 0 atom stereocenters. The average Bonchev–Trinajstić information content (AvgIpc) is 3.37. The fourth-order valence-corrected chi connectivity index (χ4v) is 4.51. The number of methoxy groups -OCH3 is 2. The Morgan fingerprint density at radius 1 is 0.943 bits per heavy atom. The summed E-state index contributed by atoms with van der Waals surface area (Å²) in [6.45, 7) is 0.158. The molecule has 3 aromatic rings. The number of rotatable bonds is 9. The summed E-state index contributed by atoms with van der Waals surface area (Å²) in [4.78, 5) is 25.0. The molecule has 1 heterocycles. The zero-order valence-corrected chi connectivity index (χ0v) is 20.5. The molecule has 184 valence electrons. The molecule has 0 unspecified atom stereocenters. The number of hydrogen-bond donors (Lipinski definition) is 2. The number of nitrogens with one attached hydrogen (secondary N) is 2. The summed E-state index contributed by atoms with van der Waals surface area (Å²) in [5, 5.41) is 14.7. The highest BCUT2D eigenvalue weighted by Crippen LogP contribution is 2.31. The first-order chi connectivity index (χ1) is 17.1. The van der Waals surface area contributed by atoms with Gasteiger partial charge in [-0.1, -0.05) is 30.6 Å². The van der Waals surface area contributed by atoms with Gasteiger partial charge in [0.05, 0.1) is 14.2 Å². The Kier molecular flexibility index (Phi) is 8.15. The largest absolute Gasteiger partial charge is 0.493 e. The van der Waals surface area contributed by atoms with E-state index >= 15 is 0 Å². The quantitative estimate of drug-likeness (QED) is 0.450. The van der Waals surface area contributed by atoms with Gasteiger partial charge in [-0.05, 0) is 49.2 Å². The van der Waals surface area contributed by atoms with E-state index in [9.17, 15) is 9.59 Å². The van der Waals surface area contributed by atoms with Gasteiger partial charge >= 0.3 is 0 Å². The number of hydrogen-bond acceptors (Lipinski definition) is 8. The van der Waals surface area contributed by atoms with Crippen molar-refractivity contribution in [1.82, 2.24) is 15.5 Å². The van der Waals surface area contributed by atoms with Crippen molar-refractivity contribution in [3.63, 3.8) is 0 Å². The van der Waals surface area contributed by atoms with Crippen molar-refractivity contribution in [3.8, 4) is 17.2 Å². The molecular weight excluding hydrogens is 468 g/mol. The maximum absolute atomic E-state index is 12.6. The highest BCUT2D eigenvalue weighted by Gasteiger charge is 2.17. The zero-order chi connectivity index (χ0) is 24.6. The van der Waals surface area contributed by atoms with Gasteiger partial charge in [0.15, 0.2) is 16.5 Å². The Morgan fingerprint density at radius 2 is 1.69 bits per heavy atom. The molecule has 2 aromatic carbocycles. The van der Waals surface area contributed by atoms with E-state index in [0.717, 1.165) is 37.0 Å². The van der Waals surface area contributed by atoms with Crippen LogP contribution in [0.25, 0.3) is 0 Å². The third-order valence-corrected chi connectivity index (χ3v) is 6.62. The second-order valence-electron chi connectivity index (χ2n) is 8.15. The number of carbonyl (C=O) groups is 2. The Bertz CT molecular complexity index is 1160. The number of anilines is 1. The van der Waals surface area contributed by atoms with Crippen molar-refractivity contribution in [2.24, 2.45) is 0 Å². The molecule has 0 bridgehead atoms. The van der Waals surface area contributed by atoms with Crippen LogP contribution in [0, 0.1) is 0 Å². The lowest BCUT2D eigenvalue weighted by atomic mass is 9.95. The van der Waals surface area contributed by atoms with E-state index in [1.54, 1.807) is 56.7 Å². The lowest BCUT2D eigenvalue weighted by Gasteiger charge is -2.22. The molecule has 1 aliphatic carbocycles. The Balaban J connectivity index is 1.29. The Labute approximate surface area is 207 Å². The zero-order valence-electron chi connectivity index (χ0n) is 19.7. The summed E-state index contributed by atoms with van der Waals surface area (Å²) in [6, 6.07) is 12.3. The second kappa shape index (κ2) is 11.7. The summed E-state index contributed by atoms with van der Waals surface area (Å²) in [5.74, 6) is 1.28. The molecule has 0 radical (unpaired) electrons. The standard InChI is InChI=1S/C25H28N4O5S/c1-32-20-13-12-19(14-21(20)33-2)34-15-22-28-29-25(35-22)24(31)27-18-10-8-16(9-11-18)23(30)26-17-6-4-3-5-7-17/h8-14,17H,3-7,15H2,1-2H3,(H,26,30)(H,27,31). The van der Waals surface area contributed by atoms with Gasteiger partial charge < -0.3 is 24.8 Å². The van der Waals surface area contributed by atoms with Crippen molar-refractivity contribution in [2.45, 2.75) is 44.8 Å². The van der Waals surface area contributed by atoms with E-state index in [-0.39, 0.29) is 29.5 Å². The van der Waals surface area contributed by atoms with Crippen molar-refractivity contribution in [1.29, 1.82) is 0 Å². The minimum absolute atomic E-state index is 0.0852. The SMILES string of the molecule is COc1ccc(OCc2nnc(C(=O)Nc3ccc(C(=O)NC4CCCCC4)cc3)s2)cc1OC. The number of carbonyl (C=O) groups excluding carboxylic acids is 2. The van der Waals surface area contributed by atoms with E-state index in [4.69, 9.17) is 14.2 Å². The van der Waals surface area contributed by atoms with Crippen LogP contribution in [-0.2, 0) is 6.61 Å². The van der Waals surface area contributed by atoms with Crippen LogP contribution < -0.4 is 24.8 Å². The Hall–Kier alpha value is -3.66. The summed E-state index contributed by atoms with van der Waals surface area (Å²) in [7, 11) is 3.12. The van der Waals surface area contributed by atoms with Crippen molar-refractivity contribution >= 4 is 28.8 Å². The van der Waals surface area contributed by atoms with Gasteiger partial charge in [0.25, 0.3) is 11.8 Å². The van der Waals surface area contributed by atoms with E-state index in [0.29, 0.717) is 33.5 Å². The van der Waals surface area contributed by atoms with Crippen LogP contribution in [0.3, 0.4) is 0 Å². The first kappa shape index (κ1) is 24.5. The van der Waals surface area contributed by atoms with Crippen LogP contribution in [0.4, 0.5) is 5.69 Å². The highest BCUT2D eigenvalue weighted by atomic mass is 32.1. The molecule has 1 saturated carbocycles. The van der Waals surface area contributed by atoms with Crippen LogP contribution in [-0.4, -0.2) is 42.3 Å². The Morgan fingerprint density at radius 3 is 2.40 bits per heavy atom. The molecule has 35 heavy (non-hydrogen) atoms. The summed E-state index contributed by atoms with van der Waals surface area (Å²) >= 11 is 1.15. The summed E-state index contributed by atoms with van der Waals surface area (Å²) < 4.78 is 16.2. The van der Waals surface area contributed by atoms with Crippen LogP contribution in [0.15, 0.2) is 42.5 Å². The predicted molar refractivity (Wildman–Crippen MR) is 133 cm³/mol. The van der Waals surface area contributed by atoms with Gasteiger partial charge in [0, 0.05) is 23.4 Å². The molecule has 1 aliphatic rings. The molecule has 1 aromatic heterocycles. The fraction of sp³-hybridized carbons (Fsp3) is 0.360. The third kappa shape index (κ3) is 6.48. The van der Waals surface area contributed by atoms with Crippen molar-refractivity contribution < 1.29 is 23.8 Å². The molecule has 0 aliphatic heterocycles. The maximum atomic E-state index is 12.6. The van der Waals surface area contributed by atoms with Gasteiger partial charge in [-0.2, -0.15) is 0 Å². The molecule has 10 heteroatoms. The minimum atomic E-state index is -0.376. The molecule has 4 rings (SSSR count). The number of amides is 2. The molecule has 2 amide bonds.